The van der Waals surface area contributed by atoms with Gasteiger partial charge in [-0.05, 0) is 43.7 Å². The lowest BCUT2D eigenvalue weighted by atomic mass is 10.2. The van der Waals surface area contributed by atoms with Gasteiger partial charge in [-0.2, -0.15) is 0 Å². The molecule has 0 radical (unpaired) electrons. The highest BCUT2D eigenvalue weighted by atomic mass is 35.5. The molecule has 4 rings (SSSR count). The van der Waals surface area contributed by atoms with Gasteiger partial charge >= 0.3 is 0 Å². The maximum absolute atomic E-state index is 14.1. The van der Waals surface area contributed by atoms with Crippen molar-refractivity contribution in [2.24, 2.45) is 0 Å². The number of nitrogens with one attached hydrogen (secondary N) is 1. The highest BCUT2D eigenvalue weighted by Gasteiger charge is 2.20. The zero-order chi connectivity index (χ0) is 14.9. The highest BCUT2D eigenvalue weighted by molar-refractivity contribution is 5.86. The van der Waals surface area contributed by atoms with Crippen LogP contribution in [0.4, 0.5) is 4.39 Å². The Kier molecular flexibility index (Phi) is 4.50. The van der Waals surface area contributed by atoms with E-state index < -0.39 is 0 Å². The molecule has 2 aromatic carbocycles. The van der Waals surface area contributed by atoms with Gasteiger partial charge in [-0.15, -0.1) is 17.5 Å². The van der Waals surface area contributed by atoms with E-state index in [-0.39, 0.29) is 24.5 Å². The summed E-state index contributed by atoms with van der Waals surface area (Å²) in [6.07, 6.45) is 2.03. The molecular formula is C17H17ClFN3O. The van der Waals surface area contributed by atoms with Crippen molar-refractivity contribution < 1.29 is 9.13 Å². The minimum atomic E-state index is -0.304. The van der Waals surface area contributed by atoms with Gasteiger partial charge in [0.1, 0.15) is 11.5 Å². The molecule has 6 heteroatoms. The van der Waals surface area contributed by atoms with E-state index in [1.807, 2.05) is 24.3 Å². The molecule has 2 heterocycles. The van der Waals surface area contributed by atoms with Crippen LogP contribution in [0.15, 0.2) is 48.5 Å². The third kappa shape index (κ3) is 2.90. The standard InChI is InChI=1S/C17H16FN3O.ClH/c18-13-7-2-4-9-15(13)21-14-8-3-1-6-12(14)17(20-21)22-16-10-5-11-19-16;/h1-4,6-9,16,19H,5,10-11H2;1H/t16-;/m0./s1. The molecule has 0 spiro atoms. The van der Waals surface area contributed by atoms with Crippen molar-refractivity contribution in [3.63, 3.8) is 0 Å². The quantitative estimate of drug-likeness (QED) is 0.794. The van der Waals surface area contributed by atoms with E-state index in [1.54, 1.807) is 22.9 Å². The van der Waals surface area contributed by atoms with E-state index in [0.29, 0.717) is 11.6 Å². The number of hydrogen-bond donors (Lipinski definition) is 1. The van der Waals surface area contributed by atoms with Gasteiger partial charge in [0.25, 0.3) is 0 Å². The third-order valence-electron chi connectivity index (χ3n) is 3.90. The number of benzene rings is 2. The summed E-state index contributed by atoms with van der Waals surface area (Å²) in [5, 5.41) is 8.67. The maximum Gasteiger partial charge on any atom is 0.242 e. The summed E-state index contributed by atoms with van der Waals surface area (Å²) in [5.74, 6) is 0.236. The zero-order valence-corrected chi connectivity index (χ0v) is 13.2. The molecule has 1 fully saturated rings. The normalized spacial score (nSPS) is 17.2. The molecule has 120 valence electrons. The van der Waals surface area contributed by atoms with Crippen molar-refractivity contribution in [2.45, 2.75) is 19.1 Å². The van der Waals surface area contributed by atoms with Gasteiger partial charge in [-0.1, -0.05) is 24.3 Å². The molecule has 0 saturated carbocycles. The molecule has 0 unspecified atom stereocenters. The summed E-state index contributed by atoms with van der Waals surface area (Å²) >= 11 is 0. The largest absolute Gasteiger partial charge is 0.457 e. The molecule has 0 amide bonds. The Morgan fingerprint density at radius 1 is 1.13 bits per heavy atom. The van der Waals surface area contributed by atoms with Crippen LogP contribution in [-0.4, -0.2) is 22.6 Å². The number of aromatic nitrogens is 2. The second-order valence-electron chi connectivity index (χ2n) is 5.39. The molecule has 1 atom stereocenters. The predicted molar refractivity (Wildman–Crippen MR) is 89.9 cm³/mol. The molecule has 4 nitrogen and oxygen atoms in total. The van der Waals surface area contributed by atoms with Gasteiger partial charge in [0.05, 0.1) is 10.9 Å². The average molecular weight is 334 g/mol. The lowest BCUT2D eigenvalue weighted by Gasteiger charge is -2.11. The Morgan fingerprint density at radius 2 is 1.91 bits per heavy atom. The Balaban J connectivity index is 0.00000156. The number of para-hydroxylation sites is 2. The molecule has 1 N–H and O–H groups in total. The van der Waals surface area contributed by atoms with Gasteiger partial charge in [-0.3, -0.25) is 5.32 Å². The average Bonchev–Trinajstić information content (AvgIpc) is 3.17. The molecule has 1 aliphatic heterocycles. The first-order valence-corrected chi connectivity index (χ1v) is 7.45. The van der Waals surface area contributed by atoms with Crippen molar-refractivity contribution in [2.75, 3.05) is 6.54 Å². The van der Waals surface area contributed by atoms with E-state index in [0.717, 1.165) is 30.3 Å². The molecule has 0 bridgehead atoms. The molecule has 3 aromatic rings. The van der Waals surface area contributed by atoms with Crippen molar-refractivity contribution in [3.8, 4) is 11.6 Å². The number of rotatable bonds is 3. The van der Waals surface area contributed by atoms with Crippen molar-refractivity contribution in [1.29, 1.82) is 0 Å². The Hall–Kier alpha value is -2.11. The summed E-state index contributed by atoms with van der Waals surface area (Å²) in [5.41, 5.74) is 1.26. The summed E-state index contributed by atoms with van der Waals surface area (Å²) in [6, 6.07) is 14.3. The minimum absolute atomic E-state index is 0. The van der Waals surface area contributed by atoms with E-state index in [2.05, 4.69) is 10.4 Å². The molecule has 1 aromatic heterocycles. The topological polar surface area (TPSA) is 39.1 Å². The van der Waals surface area contributed by atoms with Crippen LogP contribution in [0.1, 0.15) is 12.8 Å². The van der Waals surface area contributed by atoms with Crippen LogP contribution in [0, 0.1) is 5.82 Å². The maximum atomic E-state index is 14.1. The van der Waals surface area contributed by atoms with Crippen LogP contribution in [-0.2, 0) is 0 Å². The first-order valence-electron chi connectivity index (χ1n) is 7.45. The van der Waals surface area contributed by atoms with Crippen LogP contribution < -0.4 is 10.1 Å². The van der Waals surface area contributed by atoms with Crippen LogP contribution in [0.3, 0.4) is 0 Å². The highest BCUT2D eigenvalue weighted by Crippen LogP contribution is 2.29. The zero-order valence-electron chi connectivity index (χ0n) is 12.4. The first kappa shape index (κ1) is 15.8. The molecular weight excluding hydrogens is 317 g/mol. The smallest absolute Gasteiger partial charge is 0.242 e. The van der Waals surface area contributed by atoms with E-state index in [1.165, 1.54) is 6.07 Å². The van der Waals surface area contributed by atoms with Gasteiger partial charge in [0.15, 0.2) is 6.23 Å². The summed E-state index contributed by atoms with van der Waals surface area (Å²) in [4.78, 5) is 0. The molecule has 0 aliphatic carbocycles. The van der Waals surface area contributed by atoms with Crippen molar-refractivity contribution in [1.82, 2.24) is 15.1 Å². The first-order chi connectivity index (χ1) is 10.8. The summed E-state index contributed by atoms with van der Waals surface area (Å²) in [7, 11) is 0. The fraction of sp³-hybridized carbons (Fsp3) is 0.235. The van der Waals surface area contributed by atoms with Gasteiger partial charge in [0, 0.05) is 0 Å². The van der Waals surface area contributed by atoms with E-state index in [4.69, 9.17) is 4.74 Å². The third-order valence-corrected chi connectivity index (χ3v) is 3.90. The van der Waals surface area contributed by atoms with Crippen LogP contribution in [0.5, 0.6) is 5.88 Å². The fourth-order valence-corrected chi connectivity index (χ4v) is 2.82. The van der Waals surface area contributed by atoms with Gasteiger partial charge in [0.2, 0.25) is 5.88 Å². The van der Waals surface area contributed by atoms with Crippen LogP contribution in [0.2, 0.25) is 0 Å². The van der Waals surface area contributed by atoms with Crippen LogP contribution in [0.25, 0.3) is 16.6 Å². The summed E-state index contributed by atoms with van der Waals surface area (Å²) in [6.45, 7) is 0.955. The van der Waals surface area contributed by atoms with Gasteiger partial charge in [-0.25, -0.2) is 9.07 Å². The number of fused-ring (bicyclic) bond motifs is 1. The second-order valence-corrected chi connectivity index (χ2v) is 5.39. The van der Waals surface area contributed by atoms with Crippen molar-refractivity contribution in [3.05, 3.63) is 54.3 Å². The number of hydrogen-bond acceptors (Lipinski definition) is 3. The fourth-order valence-electron chi connectivity index (χ4n) is 2.82. The second kappa shape index (κ2) is 6.56. The monoisotopic (exact) mass is 333 g/mol. The predicted octanol–water partition coefficient (Wildman–Crippen LogP) is 3.67. The Bertz CT molecular complexity index is 814. The Morgan fingerprint density at radius 3 is 2.70 bits per heavy atom. The lowest BCUT2D eigenvalue weighted by Crippen LogP contribution is -2.27. The summed E-state index contributed by atoms with van der Waals surface area (Å²) < 4.78 is 21.7. The van der Waals surface area contributed by atoms with E-state index in [9.17, 15) is 4.39 Å². The Labute approximate surface area is 139 Å². The van der Waals surface area contributed by atoms with Gasteiger partial charge < -0.3 is 4.74 Å². The number of nitrogens with zero attached hydrogens (tertiary/aromatic N) is 2. The number of ether oxygens (including phenoxy) is 1. The molecule has 23 heavy (non-hydrogen) atoms. The lowest BCUT2D eigenvalue weighted by molar-refractivity contribution is 0.181. The van der Waals surface area contributed by atoms with Crippen LogP contribution >= 0.6 is 12.4 Å². The number of halogens is 2. The molecule has 1 saturated heterocycles. The minimum Gasteiger partial charge on any atom is -0.457 e. The molecule has 1 aliphatic rings. The SMILES string of the molecule is Cl.Fc1ccccc1-n1nc(O[C@H]2CCCN2)c2ccccc21. The van der Waals surface area contributed by atoms with Crippen molar-refractivity contribution >= 4 is 23.3 Å². The van der Waals surface area contributed by atoms with E-state index >= 15 is 0 Å².